The quantitative estimate of drug-likeness (QED) is 0.820. The predicted molar refractivity (Wildman–Crippen MR) is 95.3 cm³/mol. The van der Waals surface area contributed by atoms with Crippen molar-refractivity contribution in [2.24, 2.45) is 5.41 Å². The van der Waals surface area contributed by atoms with Crippen LogP contribution in [0.2, 0.25) is 0 Å². The van der Waals surface area contributed by atoms with Gasteiger partial charge in [0, 0.05) is 25.3 Å². The van der Waals surface area contributed by atoms with Crippen LogP contribution in [0.3, 0.4) is 0 Å². The van der Waals surface area contributed by atoms with Gasteiger partial charge in [0.15, 0.2) is 0 Å². The van der Waals surface area contributed by atoms with E-state index < -0.39 is 15.4 Å². The molecule has 3 rings (SSSR count). The summed E-state index contributed by atoms with van der Waals surface area (Å²) in [6.07, 6.45) is 3.82. The standard InChI is InChI=1S/C18H26N2O3S/c1-2-3-14-24(22,23)19-12-7-10-18(15-19)11-13-20(17(18)21)16-8-5-4-6-9-16/h4-6,8-9H,2-3,7,10-15H2,1H3. The minimum atomic E-state index is -3.25. The number of para-hydroxylation sites is 1. The lowest BCUT2D eigenvalue weighted by Gasteiger charge is -2.38. The molecule has 132 valence electrons. The monoisotopic (exact) mass is 350 g/mol. The highest BCUT2D eigenvalue weighted by Gasteiger charge is 2.50. The Bertz CT molecular complexity index is 689. The molecule has 1 spiro atoms. The van der Waals surface area contributed by atoms with Gasteiger partial charge in [0.1, 0.15) is 0 Å². The number of hydrogen-bond donors (Lipinski definition) is 0. The number of unbranched alkanes of at least 4 members (excludes halogenated alkanes) is 1. The van der Waals surface area contributed by atoms with Crippen molar-refractivity contribution in [3.63, 3.8) is 0 Å². The summed E-state index contributed by atoms with van der Waals surface area (Å²) in [4.78, 5) is 14.9. The molecule has 2 heterocycles. The van der Waals surface area contributed by atoms with E-state index in [0.29, 0.717) is 26.1 Å². The molecule has 0 bridgehead atoms. The molecular formula is C18H26N2O3S. The average molecular weight is 350 g/mol. The third kappa shape index (κ3) is 3.22. The van der Waals surface area contributed by atoms with Crippen molar-refractivity contribution in [3.05, 3.63) is 30.3 Å². The fourth-order valence-corrected chi connectivity index (χ4v) is 5.60. The zero-order valence-electron chi connectivity index (χ0n) is 14.3. The van der Waals surface area contributed by atoms with Gasteiger partial charge in [0.25, 0.3) is 0 Å². The van der Waals surface area contributed by atoms with Gasteiger partial charge in [0.05, 0.1) is 11.2 Å². The fourth-order valence-electron chi connectivity index (χ4n) is 3.84. The summed E-state index contributed by atoms with van der Waals surface area (Å²) in [5.74, 6) is 0.278. The number of nitrogens with zero attached hydrogens (tertiary/aromatic N) is 2. The van der Waals surface area contributed by atoms with E-state index in [9.17, 15) is 13.2 Å². The van der Waals surface area contributed by atoms with Crippen molar-refractivity contribution < 1.29 is 13.2 Å². The van der Waals surface area contributed by atoms with E-state index in [1.165, 1.54) is 0 Å². The molecule has 1 aromatic rings. The van der Waals surface area contributed by atoms with Crippen LogP contribution in [0.15, 0.2) is 30.3 Å². The Morgan fingerprint density at radius 3 is 2.58 bits per heavy atom. The number of piperidine rings is 1. The van der Waals surface area contributed by atoms with Crippen LogP contribution in [-0.4, -0.2) is 44.0 Å². The van der Waals surface area contributed by atoms with Gasteiger partial charge in [-0.2, -0.15) is 0 Å². The summed E-state index contributed by atoms with van der Waals surface area (Å²) in [7, 11) is -3.25. The molecule has 1 aromatic carbocycles. The first-order valence-electron chi connectivity index (χ1n) is 8.83. The Morgan fingerprint density at radius 2 is 1.88 bits per heavy atom. The number of rotatable bonds is 5. The molecule has 24 heavy (non-hydrogen) atoms. The molecule has 1 amide bonds. The largest absolute Gasteiger partial charge is 0.312 e. The minimum Gasteiger partial charge on any atom is -0.312 e. The number of amides is 1. The first kappa shape index (κ1) is 17.4. The number of sulfonamides is 1. The first-order valence-corrected chi connectivity index (χ1v) is 10.4. The second-order valence-corrected chi connectivity index (χ2v) is 9.02. The summed E-state index contributed by atoms with van der Waals surface area (Å²) in [5.41, 5.74) is 0.373. The molecule has 6 heteroatoms. The second-order valence-electron chi connectivity index (χ2n) is 6.93. The maximum Gasteiger partial charge on any atom is 0.234 e. The Hall–Kier alpha value is -1.40. The van der Waals surface area contributed by atoms with Gasteiger partial charge >= 0.3 is 0 Å². The van der Waals surface area contributed by atoms with E-state index in [-0.39, 0.29) is 11.7 Å². The lowest BCUT2D eigenvalue weighted by Crippen LogP contribution is -2.50. The van der Waals surface area contributed by atoms with Crippen molar-refractivity contribution in [3.8, 4) is 0 Å². The fraction of sp³-hybridized carbons (Fsp3) is 0.611. The molecule has 2 fully saturated rings. The van der Waals surface area contributed by atoms with Crippen LogP contribution in [0.4, 0.5) is 5.69 Å². The molecule has 2 aliphatic rings. The number of hydrogen-bond acceptors (Lipinski definition) is 3. The molecule has 0 aromatic heterocycles. The highest BCUT2D eigenvalue weighted by molar-refractivity contribution is 7.89. The molecule has 2 saturated heterocycles. The summed E-state index contributed by atoms with van der Waals surface area (Å²) >= 11 is 0. The highest BCUT2D eigenvalue weighted by Crippen LogP contribution is 2.42. The Balaban J connectivity index is 1.78. The molecule has 2 aliphatic heterocycles. The summed E-state index contributed by atoms with van der Waals surface area (Å²) in [6.45, 7) is 3.56. The second kappa shape index (κ2) is 6.84. The maximum atomic E-state index is 13.1. The van der Waals surface area contributed by atoms with Gasteiger partial charge < -0.3 is 4.90 Å². The Labute approximate surface area is 144 Å². The molecule has 1 atom stereocenters. The van der Waals surface area contributed by atoms with Gasteiger partial charge in [-0.3, -0.25) is 4.79 Å². The van der Waals surface area contributed by atoms with Gasteiger partial charge in [-0.1, -0.05) is 31.5 Å². The van der Waals surface area contributed by atoms with E-state index in [4.69, 9.17) is 0 Å². The van der Waals surface area contributed by atoms with Crippen molar-refractivity contribution in [2.45, 2.75) is 39.0 Å². The SMILES string of the molecule is CCCCS(=O)(=O)N1CCCC2(CCN(c3ccccc3)C2=O)C1. The highest BCUT2D eigenvalue weighted by atomic mass is 32.2. The lowest BCUT2D eigenvalue weighted by atomic mass is 9.79. The Morgan fingerprint density at radius 1 is 1.12 bits per heavy atom. The van der Waals surface area contributed by atoms with Crippen LogP contribution in [-0.2, 0) is 14.8 Å². The molecular weight excluding hydrogens is 324 g/mol. The smallest absolute Gasteiger partial charge is 0.234 e. The molecule has 0 saturated carbocycles. The van der Waals surface area contributed by atoms with Crippen LogP contribution in [0.25, 0.3) is 0 Å². The van der Waals surface area contributed by atoms with Crippen LogP contribution < -0.4 is 4.90 Å². The van der Waals surface area contributed by atoms with Gasteiger partial charge in [0.2, 0.25) is 15.9 Å². The predicted octanol–water partition coefficient (Wildman–Crippen LogP) is 2.64. The van der Waals surface area contributed by atoms with Crippen LogP contribution >= 0.6 is 0 Å². The normalized spacial score (nSPS) is 25.5. The zero-order chi connectivity index (χ0) is 17.2. The van der Waals surface area contributed by atoms with Crippen LogP contribution in [0.5, 0.6) is 0 Å². The molecule has 5 nitrogen and oxygen atoms in total. The number of carbonyl (C=O) groups is 1. The third-order valence-corrected chi connectivity index (χ3v) is 7.17. The van der Waals surface area contributed by atoms with Crippen molar-refractivity contribution >= 4 is 21.6 Å². The van der Waals surface area contributed by atoms with Crippen molar-refractivity contribution in [1.82, 2.24) is 4.31 Å². The first-order chi connectivity index (χ1) is 11.5. The van der Waals surface area contributed by atoms with E-state index in [0.717, 1.165) is 31.4 Å². The molecule has 0 N–H and O–H groups in total. The van der Waals surface area contributed by atoms with E-state index in [1.54, 1.807) is 4.31 Å². The van der Waals surface area contributed by atoms with Crippen LogP contribution in [0, 0.1) is 5.41 Å². The van der Waals surface area contributed by atoms with Gasteiger partial charge in [-0.05, 0) is 37.8 Å². The van der Waals surface area contributed by atoms with Gasteiger partial charge in [-0.15, -0.1) is 0 Å². The molecule has 0 aliphatic carbocycles. The molecule has 0 radical (unpaired) electrons. The molecule has 1 unspecified atom stereocenters. The lowest BCUT2D eigenvalue weighted by molar-refractivity contribution is -0.127. The summed E-state index contributed by atoms with van der Waals surface area (Å²) in [5, 5.41) is 0. The van der Waals surface area contributed by atoms with Crippen molar-refractivity contribution in [2.75, 3.05) is 30.3 Å². The number of anilines is 1. The average Bonchev–Trinajstić information content (AvgIpc) is 2.90. The van der Waals surface area contributed by atoms with Crippen molar-refractivity contribution in [1.29, 1.82) is 0 Å². The van der Waals surface area contributed by atoms with Gasteiger partial charge in [-0.25, -0.2) is 12.7 Å². The Kier molecular flexibility index (Phi) is 4.97. The topological polar surface area (TPSA) is 57.7 Å². The van der Waals surface area contributed by atoms with E-state index in [1.807, 2.05) is 42.2 Å². The summed E-state index contributed by atoms with van der Waals surface area (Å²) in [6, 6.07) is 9.67. The van der Waals surface area contributed by atoms with E-state index >= 15 is 0 Å². The van der Waals surface area contributed by atoms with E-state index in [2.05, 4.69) is 0 Å². The number of benzene rings is 1. The van der Waals surface area contributed by atoms with Crippen LogP contribution in [0.1, 0.15) is 39.0 Å². The maximum absolute atomic E-state index is 13.1. The number of carbonyl (C=O) groups excluding carboxylic acids is 1. The minimum absolute atomic E-state index is 0.0871. The summed E-state index contributed by atoms with van der Waals surface area (Å²) < 4.78 is 26.7. The third-order valence-electron chi connectivity index (χ3n) is 5.27. The zero-order valence-corrected chi connectivity index (χ0v) is 15.1.